The lowest BCUT2D eigenvalue weighted by atomic mass is 10.1. The van der Waals surface area contributed by atoms with Crippen molar-refractivity contribution in [1.82, 2.24) is 9.47 Å². The minimum atomic E-state index is -1.02. The Labute approximate surface area is 111 Å². The number of rotatable bonds is 3. The summed E-state index contributed by atoms with van der Waals surface area (Å²) in [7, 11) is 3.30. The smallest absolute Gasteiger partial charge is 0.323 e. The molecular weight excluding hydrogens is 244 g/mol. The summed E-state index contributed by atoms with van der Waals surface area (Å²) < 4.78 is 1.79. The Bertz CT molecular complexity index is 658. The van der Waals surface area contributed by atoms with Crippen molar-refractivity contribution < 1.29 is 14.7 Å². The number of nitrogens with zero attached hydrogens (tertiary/aromatic N) is 2. The van der Waals surface area contributed by atoms with Crippen LogP contribution in [0.15, 0.2) is 24.3 Å². The first-order valence-corrected chi connectivity index (χ1v) is 5.94. The number of aliphatic carboxylic acids is 1. The Morgan fingerprint density at radius 2 is 2.05 bits per heavy atom. The van der Waals surface area contributed by atoms with Gasteiger partial charge in [-0.25, -0.2) is 0 Å². The Balaban J connectivity index is 2.46. The molecule has 1 aromatic carbocycles. The van der Waals surface area contributed by atoms with Crippen molar-refractivity contribution in [3.63, 3.8) is 0 Å². The van der Waals surface area contributed by atoms with Gasteiger partial charge in [-0.15, -0.1) is 0 Å². The molecule has 0 saturated carbocycles. The van der Waals surface area contributed by atoms with Gasteiger partial charge in [-0.2, -0.15) is 0 Å². The Morgan fingerprint density at radius 3 is 2.63 bits per heavy atom. The van der Waals surface area contributed by atoms with Crippen molar-refractivity contribution in [1.29, 1.82) is 0 Å². The number of fused-ring (bicyclic) bond motifs is 1. The summed E-state index contributed by atoms with van der Waals surface area (Å²) >= 11 is 0. The summed E-state index contributed by atoms with van der Waals surface area (Å²) in [6, 6.07) is 7.67. The van der Waals surface area contributed by atoms with Crippen LogP contribution in [0.2, 0.25) is 0 Å². The highest BCUT2D eigenvalue weighted by molar-refractivity contribution is 6.00. The van der Waals surface area contributed by atoms with Crippen LogP contribution < -0.4 is 0 Å². The zero-order valence-electron chi connectivity index (χ0n) is 11.2. The average molecular weight is 260 g/mol. The maximum atomic E-state index is 12.2. The van der Waals surface area contributed by atoms with E-state index in [9.17, 15) is 9.59 Å². The predicted octanol–water partition coefficient (Wildman–Crippen LogP) is 1.64. The standard InChI is InChI=1S/C14H16N2O3/c1-9-5-4-6-11-10(9)7-12(16(11)3)14(19)15(2)8-13(17)18/h4-7H,8H2,1-3H3,(H,17,18). The Morgan fingerprint density at radius 1 is 1.37 bits per heavy atom. The molecule has 5 heteroatoms. The number of carboxylic acid groups (broad SMARTS) is 1. The first-order valence-electron chi connectivity index (χ1n) is 5.94. The van der Waals surface area contributed by atoms with Crippen LogP contribution in [0.3, 0.4) is 0 Å². The highest BCUT2D eigenvalue weighted by Crippen LogP contribution is 2.22. The molecule has 2 rings (SSSR count). The largest absolute Gasteiger partial charge is 0.480 e. The van der Waals surface area contributed by atoms with Crippen molar-refractivity contribution in [2.45, 2.75) is 6.92 Å². The van der Waals surface area contributed by atoms with E-state index in [1.165, 1.54) is 11.9 Å². The second kappa shape index (κ2) is 4.76. The number of amides is 1. The van der Waals surface area contributed by atoms with Gasteiger partial charge in [0, 0.05) is 25.0 Å². The number of likely N-dealkylation sites (N-methyl/N-ethyl adjacent to an activating group) is 1. The zero-order valence-corrected chi connectivity index (χ0v) is 11.2. The molecule has 0 atom stereocenters. The molecule has 2 aromatic rings. The minimum absolute atomic E-state index is 0.291. The molecule has 1 heterocycles. The fourth-order valence-electron chi connectivity index (χ4n) is 2.18. The Hall–Kier alpha value is -2.30. The van der Waals surface area contributed by atoms with Crippen LogP contribution in [0.4, 0.5) is 0 Å². The summed E-state index contributed by atoms with van der Waals surface area (Å²) in [5, 5.41) is 9.74. The molecule has 0 aliphatic carbocycles. The van der Waals surface area contributed by atoms with Crippen LogP contribution in [0.1, 0.15) is 16.1 Å². The monoisotopic (exact) mass is 260 g/mol. The fourth-order valence-corrected chi connectivity index (χ4v) is 2.18. The molecule has 1 amide bonds. The van der Waals surface area contributed by atoms with Crippen molar-refractivity contribution in [2.75, 3.05) is 13.6 Å². The van der Waals surface area contributed by atoms with E-state index in [0.717, 1.165) is 16.5 Å². The van der Waals surface area contributed by atoms with Gasteiger partial charge in [-0.1, -0.05) is 12.1 Å². The second-order valence-electron chi connectivity index (χ2n) is 4.65. The van der Waals surface area contributed by atoms with Crippen molar-refractivity contribution in [3.8, 4) is 0 Å². The van der Waals surface area contributed by atoms with E-state index >= 15 is 0 Å². The number of hydrogen-bond acceptors (Lipinski definition) is 2. The predicted molar refractivity (Wildman–Crippen MR) is 72.3 cm³/mol. The molecule has 1 N–H and O–H groups in total. The van der Waals surface area contributed by atoms with Gasteiger partial charge in [0.05, 0.1) is 0 Å². The van der Waals surface area contributed by atoms with Gasteiger partial charge in [0.1, 0.15) is 12.2 Å². The molecule has 0 saturated heterocycles. The molecule has 5 nitrogen and oxygen atoms in total. The summed E-state index contributed by atoms with van der Waals surface area (Å²) in [4.78, 5) is 24.1. The van der Waals surface area contributed by atoms with Crippen LogP contribution in [0.25, 0.3) is 10.9 Å². The third-order valence-corrected chi connectivity index (χ3v) is 3.24. The van der Waals surface area contributed by atoms with Gasteiger partial charge in [0.25, 0.3) is 5.91 Å². The van der Waals surface area contributed by atoms with Gasteiger partial charge < -0.3 is 14.6 Å². The molecule has 0 unspecified atom stereocenters. The normalized spacial score (nSPS) is 10.7. The van der Waals surface area contributed by atoms with Crippen LogP contribution in [0, 0.1) is 6.92 Å². The number of benzene rings is 1. The maximum absolute atomic E-state index is 12.2. The average Bonchev–Trinajstić information content (AvgIpc) is 2.67. The third kappa shape index (κ3) is 2.31. The molecule has 0 spiro atoms. The summed E-state index contributed by atoms with van der Waals surface area (Å²) in [6.07, 6.45) is 0. The number of carbonyl (C=O) groups excluding carboxylic acids is 1. The van der Waals surface area contributed by atoms with Crippen molar-refractivity contribution in [3.05, 3.63) is 35.5 Å². The quantitative estimate of drug-likeness (QED) is 0.912. The number of carboxylic acids is 1. The molecule has 0 fully saturated rings. The van der Waals surface area contributed by atoms with Gasteiger partial charge in [0.15, 0.2) is 0 Å². The van der Waals surface area contributed by atoms with Gasteiger partial charge >= 0.3 is 5.97 Å². The van der Waals surface area contributed by atoms with Crippen LogP contribution in [-0.4, -0.2) is 40.0 Å². The van der Waals surface area contributed by atoms with Crippen LogP contribution in [0.5, 0.6) is 0 Å². The highest BCUT2D eigenvalue weighted by atomic mass is 16.4. The topological polar surface area (TPSA) is 62.5 Å². The number of carbonyl (C=O) groups is 2. The third-order valence-electron chi connectivity index (χ3n) is 3.24. The fraction of sp³-hybridized carbons (Fsp3) is 0.286. The lowest BCUT2D eigenvalue weighted by molar-refractivity contribution is -0.137. The first-order chi connectivity index (χ1) is 8.91. The SMILES string of the molecule is Cc1cccc2c1cc(C(=O)N(C)CC(=O)O)n2C. The van der Waals surface area contributed by atoms with E-state index in [4.69, 9.17) is 5.11 Å². The number of hydrogen-bond donors (Lipinski definition) is 1. The zero-order chi connectivity index (χ0) is 14.2. The molecular formula is C14H16N2O3. The van der Waals surface area contributed by atoms with Gasteiger partial charge in [0.2, 0.25) is 0 Å². The molecule has 0 radical (unpaired) electrons. The van der Waals surface area contributed by atoms with E-state index in [2.05, 4.69) is 0 Å². The van der Waals surface area contributed by atoms with Crippen LogP contribution in [-0.2, 0) is 11.8 Å². The minimum Gasteiger partial charge on any atom is -0.480 e. The summed E-state index contributed by atoms with van der Waals surface area (Å²) in [5.41, 5.74) is 2.55. The van der Waals surface area contributed by atoms with E-state index in [0.29, 0.717) is 5.69 Å². The van der Waals surface area contributed by atoms with Gasteiger partial charge in [-0.05, 0) is 24.6 Å². The second-order valence-corrected chi connectivity index (χ2v) is 4.65. The summed E-state index contributed by atoms with van der Waals surface area (Å²) in [5.74, 6) is -1.31. The summed E-state index contributed by atoms with van der Waals surface area (Å²) in [6.45, 7) is 1.68. The Kier molecular flexibility index (Phi) is 3.29. The van der Waals surface area contributed by atoms with E-state index in [1.54, 1.807) is 4.57 Å². The molecule has 19 heavy (non-hydrogen) atoms. The molecule has 0 aliphatic rings. The van der Waals surface area contributed by atoms with E-state index in [1.807, 2.05) is 38.2 Å². The first kappa shape index (κ1) is 13.1. The number of aryl methyl sites for hydroxylation is 2. The molecule has 0 aliphatic heterocycles. The highest BCUT2D eigenvalue weighted by Gasteiger charge is 2.19. The lowest BCUT2D eigenvalue weighted by Crippen LogP contribution is -2.33. The lowest BCUT2D eigenvalue weighted by Gasteiger charge is -2.14. The van der Waals surface area contributed by atoms with Crippen molar-refractivity contribution in [2.24, 2.45) is 7.05 Å². The maximum Gasteiger partial charge on any atom is 0.323 e. The molecule has 1 aromatic heterocycles. The molecule has 0 bridgehead atoms. The van der Waals surface area contributed by atoms with Gasteiger partial charge in [-0.3, -0.25) is 9.59 Å². The number of aromatic nitrogens is 1. The van der Waals surface area contributed by atoms with Crippen LogP contribution >= 0.6 is 0 Å². The van der Waals surface area contributed by atoms with Crippen molar-refractivity contribution >= 4 is 22.8 Å². The van der Waals surface area contributed by atoms with E-state index < -0.39 is 5.97 Å². The van der Waals surface area contributed by atoms with E-state index in [-0.39, 0.29) is 12.5 Å². The molecule has 100 valence electrons.